The van der Waals surface area contributed by atoms with Crippen LogP contribution in [0.25, 0.3) is 0 Å². The van der Waals surface area contributed by atoms with Gasteiger partial charge in [-0.2, -0.15) is 4.31 Å². The lowest BCUT2D eigenvalue weighted by Gasteiger charge is -2.35. The van der Waals surface area contributed by atoms with Gasteiger partial charge in [0.2, 0.25) is 10.0 Å². The average Bonchev–Trinajstić information content (AvgIpc) is 3.35. The van der Waals surface area contributed by atoms with Gasteiger partial charge in [-0.15, -0.1) is 0 Å². The maximum Gasteiger partial charge on any atom is 0.244 e. The molecule has 2 aromatic rings. The van der Waals surface area contributed by atoms with Gasteiger partial charge in [0.25, 0.3) is 0 Å². The molecule has 4 rings (SSSR count). The lowest BCUT2D eigenvalue weighted by Crippen LogP contribution is -2.46. The van der Waals surface area contributed by atoms with Crippen molar-refractivity contribution in [2.45, 2.75) is 38.1 Å². The number of anilines is 1. The number of nitrogens with zero attached hydrogens (tertiary/aromatic N) is 5. The maximum atomic E-state index is 12.6. The van der Waals surface area contributed by atoms with E-state index >= 15 is 0 Å². The molecule has 28 heavy (non-hydrogen) atoms. The van der Waals surface area contributed by atoms with Gasteiger partial charge in [0.15, 0.2) is 0 Å². The zero-order chi connectivity index (χ0) is 19.7. The fraction of sp³-hybridized carbons (Fsp3) is 0.579. The van der Waals surface area contributed by atoms with E-state index in [0.29, 0.717) is 13.1 Å². The predicted octanol–water partition coefficient (Wildman–Crippen LogP) is 1.79. The number of hydrogen-bond donors (Lipinski definition) is 0. The number of aryl methyl sites for hydroxylation is 2. The van der Waals surface area contributed by atoms with E-state index in [1.165, 1.54) is 11.8 Å². The molecule has 0 unspecified atom stereocenters. The highest BCUT2D eigenvalue weighted by Crippen LogP contribution is 2.23. The molecular weight excluding hydrogens is 378 g/mol. The first-order valence-electron chi connectivity index (χ1n) is 9.80. The molecule has 0 amide bonds. The molecule has 9 heteroatoms. The molecule has 0 saturated carbocycles. The summed E-state index contributed by atoms with van der Waals surface area (Å²) < 4.78 is 32.1. The van der Waals surface area contributed by atoms with E-state index in [2.05, 4.69) is 19.9 Å². The van der Waals surface area contributed by atoms with Crippen molar-refractivity contribution >= 4 is 15.8 Å². The summed E-state index contributed by atoms with van der Waals surface area (Å²) in [5.41, 5.74) is 2.12. The average molecular weight is 406 g/mol. The van der Waals surface area contributed by atoms with Gasteiger partial charge in [-0.1, -0.05) is 5.16 Å². The molecular formula is C19H27N5O3S. The Morgan fingerprint density at radius 3 is 2.32 bits per heavy atom. The number of rotatable bonds is 5. The maximum absolute atomic E-state index is 12.6. The number of piperazine rings is 1. The minimum absolute atomic E-state index is 0.287. The molecule has 0 spiro atoms. The molecule has 152 valence electrons. The van der Waals surface area contributed by atoms with Crippen molar-refractivity contribution in [3.05, 3.63) is 35.3 Å². The van der Waals surface area contributed by atoms with Gasteiger partial charge < -0.3 is 9.42 Å². The Morgan fingerprint density at radius 1 is 1.04 bits per heavy atom. The fourth-order valence-corrected chi connectivity index (χ4v) is 5.34. The van der Waals surface area contributed by atoms with Crippen LogP contribution in [0.4, 0.5) is 5.82 Å². The zero-order valence-corrected chi connectivity index (χ0v) is 17.3. The monoisotopic (exact) mass is 405 g/mol. The molecule has 2 saturated heterocycles. The summed E-state index contributed by atoms with van der Waals surface area (Å²) in [7, 11) is -3.40. The van der Waals surface area contributed by atoms with Gasteiger partial charge in [-0.3, -0.25) is 4.90 Å². The third kappa shape index (κ3) is 3.78. The lowest BCUT2D eigenvalue weighted by molar-refractivity contribution is 0.247. The molecule has 0 radical (unpaired) electrons. The SMILES string of the molecule is Cc1noc(C)c1CN1CCN(c2ccc(S(=O)(=O)N3CCCC3)cn2)CC1. The van der Waals surface area contributed by atoms with E-state index < -0.39 is 10.0 Å². The molecule has 4 heterocycles. The smallest absolute Gasteiger partial charge is 0.244 e. The lowest BCUT2D eigenvalue weighted by atomic mass is 10.2. The summed E-state index contributed by atoms with van der Waals surface area (Å²) in [5, 5.41) is 4.03. The van der Waals surface area contributed by atoms with E-state index in [9.17, 15) is 8.42 Å². The minimum atomic E-state index is -3.40. The van der Waals surface area contributed by atoms with E-state index in [-0.39, 0.29) is 4.90 Å². The van der Waals surface area contributed by atoms with Crippen LogP contribution in [0.3, 0.4) is 0 Å². The normalized spacial score (nSPS) is 19.4. The van der Waals surface area contributed by atoms with Crippen LogP contribution >= 0.6 is 0 Å². The van der Waals surface area contributed by atoms with Gasteiger partial charge in [0.1, 0.15) is 16.5 Å². The van der Waals surface area contributed by atoms with E-state index in [4.69, 9.17) is 4.52 Å². The largest absolute Gasteiger partial charge is 0.361 e. The Hall–Kier alpha value is -1.97. The summed E-state index contributed by atoms with van der Waals surface area (Å²) in [6.45, 7) is 9.53. The summed E-state index contributed by atoms with van der Waals surface area (Å²) in [6.07, 6.45) is 3.37. The highest BCUT2D eigenvalue weighted by molar-refractivity contribution is 7.89. The molecule has 0 bridgehead atoms. The van der Waals surface area contributed by atoms with Crippen molar-refractivity contribution in [3.8, 4) is 0 Å². The topological polar surface area (TPSA) is 82.8 Å². The highest BCUT2D eigenvalue weighted by Gasteiger charge is 2.28. The first-order valence-corrected chi connectivity index (χ1v) is 11.2. The molecule has 0 atom stereocenters. The number of pyridine rings is 1. The second kappa shape index (κ2) is 7.81. The molecule has 2 aliphatic heterocycles. The second-order valence-electron chi connectivity index (χ2n) is 7.53. The first-order chi connectivity index (χ1) is 13.4. The molecule has 2 aromatic heterocycles. The Morgan fingerprint density at radius 2 is 1.75 bits per heavy atom. The van der Waals surface area contributed by atoms with E-state index in [0.717, 1.165) is 62.8 Å². The van der Waals surface area contributed by atoms with E-state index in [1.807, 2.05) is 19.9 Å². The van der Waals surface area contributed by atoms with Crippen LogP contribution in [0.1, 0.15) is 29.9 Å². The van der Waals surface area contributed by atoms with Gasteiger partial charge >= 0.3 is 0 Å². The van der Waals surface area contributed by atoms with Crippen LogP contribution in [0.2, 0.25) is 0 Å². The van der Waals surface area contributed by atoms with Crippen molar-refractivity contribution in [3.63, 3.8) is 0 Å². The van der Waals surface area contributed by atoms with Gasteiger partial charge in [0, 0.05) is 57.6 Å². The summed E-state index contributed by atoms with van der Waals surface area (Å²) in [4.78, 5) is 9.32. The standard InChI is InChI=1S/C19H27N5O3S/c1-15-18(16(2)27-21-15)14-22-9-11-23(12-10-22)19-6-5-17(13-20-19)28(25,26)24-7-3-4-8-24/h5-6,13H,3-4,7-12,14H2,1-2H3. The van der Waals surface area contributed by atoms with E-state index in [1.54, 1.807) is 10.4 Å². The van der Waals surface area contributed by atoms with Gasteiger partial charge in [0.05, 0.1) is 5.69 Å². The van der Waals surface area contributed by atoms with Gasteiger partial charge in [-0.25, -0.2) is 13.4 Å². The fourth-order valence-electron chi connectivity index (χ4n) is 3.88. The number of sulfonamides is 1. The molecule has 0 aliphatic carbocycles. The van der Waals surface area contributed by atoms with Crippen molar-refractivity contribution in [1.82, 2.24) is 19.3 Å². The molecule has 0 aromatic carbocycles. The molecule has 2 aliphatic rings. The Bertz CT molecular complexity index is 892. The van der Waals surface area contributed by atoms with Crippen LogP contribution in [0.15, 0.2) is 27.7 Å². The number of hydrogen-bond acceptors (Lipinski definition) is 7. The summed E-state index contributed by atoms with van der Waals surface area (Å²) in [6, 6.07) is 3.51. The van der Waals surface area contributed by atoms with Crippen LogP contribution < -0.4 is 4.90 Å². The van der Waals surface area contributed by atoms with Crippen molar-refractivity contribution < 1.29 is 12.9 Å². The van der Waals surface area contributed by atoms with Crippen LogP contribution in [-0.4, -0.2) is 67.0 Å². The third-order valence-corrected chi connectivity index (χ3v) is 7.56. The zero-order valence-electron chi connectivity index (χ0n) is 16.5. The van der Waals surface area contributed by atoms with Crippen LogP contribution in [0.5, 0.6) is 0 Å². The molecule has 8 nitrogen and oxygen atoms in total. The minimum Gasteiger partial charge on any atom is -0.361 e. The van der Waals surface area contributed by atoms with Crippen molar-refractivity contribution in [2.24, 2.45) is 0 Å². The summed E-state index contributed by atoms with van der Waals surface area (Å²) in [5.74, 6) is 1.72. The molecule has 0 N–H and O–H groups in total. The summed E-state index contributed by atoms with van der Waals surface area (Å²) >= 11 is 0. The Kier molecular flexibility index (Phi) is 5.39. The highest BCUT2D eigenvalue weighted by atomic mass is 32.2. The Balaban J connectivity index is 1.37. The molecule has 2 fully saturated rings. The van der Waals surface area contributed by atoms with Crippen LogP contribution in [0, 0.1) is 13.8 Å². The quantitative estimate of drug-likeness (QED) is 0.750. The van der Waals surface area contributed by atoms with Gasteiger partial charge in [-0.05, 0) is 38.8 Å². The number of aromatic nitrogens is 2. The third-order valence-electron chi connectivity index (χ3n) is 5.68. The van der Waals surface area contributed by atoms with Crippen LogP contribution in [-0.2, 0) is 16.6 Å². The predicted molar refractivity (Wildman–Crippen MR) is 106 cm³/mol. The van der Waals surface area contributed by atoms with Crippen molar-refractivity contribution in [1.29, 1.82) is 0 Å². The van der Waals surface area contributed by atoms with Crippen molar-refractivity contribution in [2.75, 3.05) is 44.2 Å². The Labute approximate surface area is 166 Å². The first kappa shape index (κ1) is 19.4. The second-order valence-corrected chi connectivity index (χ2v) is 9.47.